The molecule has 3 aromatic carbocycles. The van der Waals surface area contributed by atoms with Crippen LogP contribution in [-0.2, 0) is 4.79 Å². The second-order valence-corrected chi connectivity index (χ2v) is 12.8. The molecule has 0 atom stereocenters. The van der Waals surface area contributed by atoms with Gasteiger partial charge in [-0.1, -0.05) is 81.8 Å². The highest BCUT2D eigenvalue weighted by Crippen LogP contribution is 2.32. The molecule has 2 N–H and O–H groups in total. The first kappa shape index (κ1) is 31.6. The van der Waals surface area contributed by atoms with E-state index < -0.39 is 0 Å². The smallest absolute Gasteiger partial charge is 0.255 e. The molecule has 0 unspecified atom stereocenters. The number of nitrogens with zero attached hydrogens (tertiary/aromatic N) is 1. The first-order valence-corrected chi connectivity index (χ1v) is 16.7. The summed E-state index contributed by atoms with van der Waals surface area (Å²) in [5.41, 5.74) is 5.07. The summed E-state index contributed by atoms with van der Waals surface area (Å²) in [6.07, 6.45) is 10.1. The van der Waals surface area contributed by atoms with Gasteiger partial charge in [0, 0.05) is 16.9 Å². The van der Waals surface area contributed by atoms with Gasteiger partial charge in [-0.25, -0.2) is 4.98 Å². The summed E-state index contributed by atoms with van der Waals surface area (Å²) < 4.78 is 7.63. The van der Waals surface area contributed by atoms with E-state index in [2.05, 4.69) is 22.5 Å². The van der Waals surface area contributed by atoms with Gasteiger partial charge in [-0.2, -0.15) is 0 Å². The zero-order valence-electron chi connectivity index (χ0n) is 24.8. The van der Waals surface area contributed by atoms with E-state index in [0.717, 1.165) is 43.5 Å². The molecule has 0 spiro atoms. The Bertz CT molecular complexity index is 1450. The summed E-state index contributed by atoms with van der Waals surface area (Å²) in [5, 5.41) is 6.00. The third kappa shape index (κ3) is 9.60. The molecule has 4 aromatic rings. The largest absolute Gasteiger partial charge is 0.494 e. The number of hydrogen-bond donors (Lipinski definition) is 2. The number of benzene rings is 3. The fourth-order valence-corrected chi connectivity index (χ4v) is 6.60. The maximum absolute atomic E-state index is 12.9. The van der Waals surface area contributed by atoms with Gasteiger partial charge in [0.25, 0.3) is 5.91 Å². The summed E-state index contributed by atoms with van der Waals surface area (Å²) in [5.74, 6) is 0.824. The van der Waals surface area contributed by atoms with Crippen LogP contribution in [0.4, 0.5) is 11.4 Å². The van der Waals surface area contributed by atoms with Crippen LogP contribution in [0.2, 0.25) is 0 Å². The average Bonchev–Trinajstić information content (AvgIpc) is 3.40. The van der Waals surface area contributed by atoms with Gasteiger partial charge in [-0.3, -0.25) is 9.59 Å². The highest BCUT2D eigenvalue weighted by Gasteiger charge is 2.12. The van der Waals surface area contributed by atoms with Crippen molar-refractivity contribution in [1.29, 1.82) is 0 Å². The zero-order chi connectivity index (χ0) is 29.7. The number of thioether (sulfide) groups is 1. The number of amides is 2. The molecule has 4 rings (SSSR count). The number of rotatable bonds is 16. The lowest BCUT2D eigenvalue weighted by Gasteiger charge is -2.10. The van der Waals surface area contributed by atoms with Crippen LogP contribution in [0.25, 0.3) is 10.2 Å². The number of hydrogen-bond acceptors (Lipinski definition) is 6. The molecule has 0 aliphatic carbocycles. The monoisotopic (exact) mass is 603 g/mol. The van der Waals surface area contributed by atoms with Gasteiger partial charge in [0.15, 0.2) is 4.34 Å². The van der Waals surface area contributed by atoms with Gasteiger partial charge in [0.05, 0.1) is 22.6 Å². The predicted octanol–water partition coefficient (Wildman–Crippen LogP) is 9.42. The Morgan fingerprint density at radius 2 is 1.55 bits per heavy atom. The summed E-state index contributed by atoms with van der Waals surface area (Å²) in [6.45, 7) is 6.92. The van der Waals surface area contributed by atoms with Gasteiger partial charge in [0.1, 0.15) is 5.75 Å². The summed E-state index contributed by atoms with van der Waals surface area (Å²) in [6, 6.07) is 18.9. The SMILES string of the molecule is CCCCCCCCCCOc1ccc(C(=O)Nc2ccc3nc(SCC(=O)Nc4c(C)cccc4C)sc3c2)cc1. The maximum atomic E-state index is 12.9. The van der Waals surface area contributed by atoms with Gasteiger partial charge >= 0.3 is 0 Å². The maximum Gasteiger partial charge on any atom is 0.255 e. The summed E-state index contributed by atoms with van der Waals surface area (Å²) in [7, 11) is 0. The van der Waals surface area contributed by atoms with Crippen LogP contribution in [0.15, 0.2) is 65.0 Å². The van der Waals surface area contributed by atoms with Crippen molar-refractivity contribution in [3.63, 3.8) is 0 Å². The van der Waals surface area contributed by atoms with Crippen LogP contribution in [0.1, 0.15) is 79.8 Å². The van der Waals surface area contributed by atoms with Crippen molar-refractivity contribution in [3.05, 3.63) is 77.4 Å². The number of thiazole rings is 1. The van der Waals surface area contributed by atoms with Gasteiger partial charge < -0.3 is 15.4 Å². The number of fused-ring (bicyclic) bond motifs is 1. The summed E-state index contributed by atoms with van der Waals surface area (Å²) in [4.78, 5) is 30.1. The topological polar surface area (TPSA) is 80.3 Å². The van der Waals surface area contributed by atoms with Gasteiger partial charge in [0.2, 0.25) is 5.91 Å². The van der Waals surface area contributed by atoms with Gasteiger partial charge in [-0.05, 0) is 73.9 Å². The quantitative estimate of drug-likeness (QED) is 0.0985. The number of anilines is 2. The summed E-state index contributed by atoms with van der Waals surface area (Å²) >= 11 is 2.92. The van der Waals surface area contributed by atoms with E-state index in [1.807, 2.05) is 62.4 Å². The fourth-order valence-electron chi connectivity index (χ4n) is 4.69. The standard InChI is InChI=1S/C34H41N3O3S2/c1-4-5-6-7-8-9-10-11-21-40-28-18-15-26(16-19-28)33(39)35-27-17-20-29-30(22-27)42-34(36-29)41-23-31(38)37-32-24(2)13-12-14-25(32)3/h12-20,22H,4-11,21,23H2,1-3H3,(H,35,39)(H,37,38). The number of nitrogens with one attached hydrogen (secondary N) is 2. The molecular weight excluding hydrogens is 563 g/mol. The molecule has 0 radical (unpaired) electrons. The molecule has 0 saturated carbocycles. The lowest BCUT2D eigenvalue weighted by Crippen LogP contribution is -2.15. The Labute approximate surface area is 257 Å². The average molecular weight is 604 g/mol. The lowest BCUT2D eigenvalue weighted by atomic mass is 10.1. The van der Waals surface area contributed by atoms with Crippen LogP contribution in [0.5, 0.6) is 5.75 Å². The molecule has 8 heteroatoms. The van der Waals surface area contributed by atoms with E-state index in [-0.39, 0.29) is 17.6 Å². The van der Waals surface area contributed by atoms with Crippen LogP contribution >= 0.6 is 23.1 Å². The van der Waals surface area contributed by atoms with Crippen LogP contribution in [-0.4, -0.2) is 29.2 Å². The van der Waals surface area contributed by atoms with Crippen molar-refractivity contribution < 1.29 is 14.3 Å². The lowest BCUT2D eigenvalue weighted by molar-refractivity contribution is -0.113. The Hall–Kier alpha value is -3.36. The zero-order valence-corrected chi connectivity index (χ0v) is 26.5. The molecule has 0 fully saturated rings. The molecule has 0 aliphatic heterocycles. The first-order chi connectivity index (χ1) is 20.4. The predicted molar refractivity (Wildman–Crippen MR) is 177 cm³/mol. The molecule has 222 valence electrons. The van der Waals surface area contributed by atoms with E-state index in [4.69, 9.17) is 4.74 Å². The number of aromatic nitrogens is 1. The molecule has 6 nitrogen and oxygen atoms in total. The van der Waals surface area contributed by atoms with E-state index in [1.165, 1.54) is 68.0 Å². The van der Waals surface area contributed by atoms with Crippen LogP contribution in [0.3, 0.4) is 0 Å². The number of unbranched alkanes of at least 4 members (excludes halogenated alkanes) is 7. The first-order valence-electron chi connectivity index (χ1n) is 14.9. The van der Waals surface area contributed by atoms with Gasteiger partial charge in [-0.15, -0.1) is 11.3 Å². The third-order valence-electron chi connectivity index (χ3n) is 7.08. The fraction of sp³-hybridized carbons (Fsp3) is 0.382. The Balaban J connectivity index is 1.22. The number of carbonyl (C=O) groups is 2. The Morgan fingerprint density at radius 3 is 2.26 bits per heavy atom. The molecule has 2 amide bonds. The van der Waals surface area contributed by atoms with E-state index in [1.54, 1.807) is 12.1 Å². The minimum Gasteiger partial charge on any atom is -0.494 e. The number of ether oxygens (including phenoxy) is 1. The minimum atomic E-state index is -0.175. The minimum absolute atomic E-state index is 0.0609. The third-order valence-corrected chi connectivity index (χ3v) is 9.24. The normalized spacial score (nSPS) is 11.0. The molecule has 1 aromatic heterocycles. The highest BCUT2D eigenvalue weighted by atomic mass is 32.2. The molecule has 1 heterocycles. The van der Waals surface area contributed by atoms with Crippen molar-refractivity contribution >= 4 is 56.5 Å². The molecule has 0 bridgehead atoms. The van der Waals surface area contributed by atoms with E-state index in [0.29, 0.717) is 17.9 Å². The van der Waals surface area contributed by atoms with Crippen LogP contribution < -0.4 is 15.4 Å². The second kappa shape index (κ2) is 16.3. The van der Waals surface area contributed by atoms with E-state index >= 15 is 0 Å². The highest BCUT2D eigenvalue weighted by molar-refractivity contribution is 8.01. The number of para-hydroxylation sites is 1. The van der Waals surface area contributed by atoms with Crippen molar-refractivity contribution in [2.45, 2.75) is 76.5 Å². The Kier molecular flexibility index (Phi) is 12.3. The van der Waals surface area contributed by atoms with Crippen molar-refractivity contribution in [3.8, 4) is 5.75 Å². The van der Waals surface area contributed by atoms with Crippen LogP contribution in [0, 0.1) is 13.8 Å². The molecule has 0 saturated heterocycles. The molecule has 0 aliphatic rings. The molecule has 42 heavy (non-hydrogen) atoms. The van der Waals surface area contributed by atoms with Crippen molar-refractivity contribution in [1.82, 2.24) is 4.98 Å². The Morgan fingerprint density at radius 1 is 0.857 bits per heavy atom. The van der Waals surface area contributed by atoms with Crippen molar-refractivity contribution in [2.75, 3.05) is 23.0 Å². The van der Waals surface area contributed by atoms with E-state index in [9.17, 15) is 9.59 Å². The van der Waals surface area contributed by atoms with Crippen molar-refractivity contribution in [2.24, 2.45) is 0 Å². The molecular formula is C34H41N3O3S2. The number of aryl methyl sites for hydroxylation is 2. The second-order valence-electron chi connectivity index (χ2n) is 10.6. The number of carbonyl (C=O) groups excluding carboxylic acids is 2.